The van der Waals surface area contributed by atoms with Gasteiger partial charge in [-0.05, 0) is 105 Å². The quantitative estimate of drug-likeness (QED) is 0.0456. The summed E-state index contributed by atoms with van der Waals surface area (Å²) in [4.78, 5) is 52.2. The largest absolute Gasteiger partial charge is 0.493 e. The van der Waals surface area contributed by atoms with Gasteiger partial charge in [-0.2, -0.15) is 0 Å². The molecular formula is C52H38O14. The Labute approximate surface area is 379 Å². The second kappa shape index (κ2) is 22.2. The highest BCUT2D eigenvalue weighted by atomic mass is 16.6. The van der Waals surface area contributed by atoms with Crippen LogP contribution in [-0.4, -0.2) is 43.7 Å². The maximum absolute atomic E-state index is 13.2. The maximum Gasteiger partial charge on any atom is 0.347 e. The summed E-state index contributed by atoms with van der Waals surface area (Å²) in [7, 11) is 0. The van der Waals surface area contributed by atoms with E-state index >= 15 is 0 Å². The van der Waals surface area contributed by atoms with Gasteiger partial charge in [-0.15, -0.1) is 0 Å². The molecule has 0 aliphatic heterocycles. The monoisotopic (exact) mass is 886 g/mol. The second-order valence-electron chi connectivity index (χ2n) is 13.2. The zero-order valence-corrected chi connectivity index (χ0v) is 35.6. The molecule has 0 amide bonds. The highest BCUT2D eigenvalue weighted by Crippen LogP contribution is 2.37. The van der Waals surface area contributed by atoms with Crippen molar-refractivity contribution in [2.24, 2.45) is 0 Å². The number of ether oxygens (including phenoxy) is 10. The highest BCUT2D eigenvalue weighted by molar-refractivity contribution is 5.97. The van der Waals surface area contributed by atoms with Crippen molar-refractivity contribution in [1.29, 1.82) is 0 Å². The summed E-state index contributed by atoms with van der Waals surface area (Å²) in [6.45, 7) is 6.52. The van der Waals surface area contributed by atoms with Crippen LogP contribution in [0.4, 0.5) is 0 Å². The standard InChI is InChI=1S/C52H38O14/c1-7-57-43-31-47(61-11-5)45(59-9-3)29-41(43)51(55)65-39-25-17-35(18-26-39)49(53)63-37-21-13-33(14-22-37)34-15-23-38(24-16-34)64-50(54)36-19-27-40(28-20-36)66-52(56)42-30-46(60-10-4)48(62-12-6)32-44(42)58-8-2/h1,3,5,13-32H,8,10,12H2,2,4,6H3. The van der Waals surface area contributed by atoms with Gasteiger partial charge in [0, 0.05) is 24.3 Å². The van der Waals surface area contributed by atoms with Crippen molar-refractivity contribution in [2.45, 2.75) is 20.8 Å². The van der Waals surface area contributed by atoms with Crippen LogP contribution in [0.3, 0.4) is 0 Å². The molecule has 0 atom stereocenters. The third-order valence-corrected chi connectivity index (χ3v) is 9.00. The number of carbonyl (C=O) groups is 4. The zero-order chi connectivity index (χ0) is 47.0. The molecular weight excluding hydrogens is 849 g/mol. The lowest BCUT2D eigenvalue weighted by atomic mass is 10.1. The highest BCUT2D eigenvalue weighted by Gasteiger charge is 2.23. The Bertz CT molecular complexity index is 2840. The van der Waals surface area contributed by atoms with E-state index in [0.29, 0.717) is 37.1 Å². The summed E-state index contributed by atoms with van der Waals surface area (Å²) in [5, 5.41) is 0. The number of esters is 4. The molecule has 0 aromatic heterocycles. The number of hydrogen-bond acceptors (Lipinski definition) is 14. The first-order valence-electron chi connectivity index (χ1n) is 20.0. The van der Waals surface area contributed by atoms with Crippen molar-refractivity contribution in [2.75, 3.05) is 19.8 Å². The van der Waals surface area contributed by atoms with Crippen LogP contribution in [0, 0.1) is 37.6 Å². The summed E-state index contributed by atoms with van der Waals surface area (Å²) in [6, 6.07) is 30.7. The summed E-state index contributed by atoms with van der Waals surface area (Å²) >= 11 is 0. The first-order chi connectivity index (χ1) is 32.1. The number of terminal acetylenes is 3. The fraction of sp³-hybridized carbons (Fsp3) is 0.115. The summed E-state index contributed by atoms with van der Waals surface area (Å²) < 4.78 is 54.4. The molecule has 14 heteroatoms. The van der Waals surface area contributed by atoms with Crippen LogP contribution in [0.2, 0.25) is 0 Å². The lowest BCUT2D eigenvalue weighted by Gasteiger charge is -2.16. The molecule has 0 fully saturated rings. The van der Waals surface area contributed by atoms with Crippen molar-refractivity contribution in [3.05, 3.63) is 144 Å². The molecule has 0 heterocycles. The summed E-state index contributed by atoms with van der Waals surface area (Å²) in [5.41, 5.74) is 2.00. The molecule has 66 heavy (non-hydrogen) atoms. The Balaban J connectivity index is 1.02. The number of rotatable bonds is 18. The Morgan fingerprint density at radius 1 is 0.379 bits per heavy atom. The van der Waals surface area contributed by atoms with Crippen LogP contribution in [0.15, 0.2) is 121 Å². The molecule has 0 radical (unpaired) electrons. The first kappa shape index (κ1) is 46.2. The van der Waals surface area contributed by atoms with Gasteiger partial charge in [0.15, 0.2) is 28.7 Å². The number of carbonyl (C=O) groups excluding carboxylic acids is 4. The van der Waals surface area contributed by atoms with Gasteiger partial charge in [0.25, 0.3) is 0 Å². The van der Waals surface area contributed by atoms with Gasteiger partial charge < -0.3 is 47.4 Å². The number of benzene rings is 6. The van der Waals surface area contributed by atoms with Crippen LogP contribution in [0.1, 0.15) is 62.2 Å². The molecule has 0 bridgehead atoms. The topological polar surface area (TPSA) is 161 Å². The predicted octanol–water partition coefficient (Wildman–Crippen LogP) is 9.33. The minimum absolute atomic E-state index is 0.0219. The molecule has 0 saturated carbocycles. The van der Waals surface area contributed by atoms with Crippen molar-refractivity contribution in [1.82, 2.24) is 0 Å². The lowest BCUT2D eigenvalue weighted by molar-refractivity contribution is 0.0717. The van der Waals surface area contributed by atoms with E-state index in [9.17, 15) is 19.2 Å². The Hall–Kier alpha value is -9.32. The summed E-state index contributed by atoms with van der Waals surface area (Å²) in [5.74, 6) is -1.09. The fourth-order valence-electron chi connectivity index (χ4n) is 6.05. The van der Waals surface area contributed by atoms with Gasteiger partial charge in [0.05, 0.1) is 30.9 Å². The van der Waals surface area contributed by atoms with Crippen LogP contribution in [0.25, 0.3) is 11.1 Å². The Morgan fingerprint density at radius 2 is 0.682 bits per heavy atom. The van der Waals surface area contributed by atoms with Gasteiger partial charge in [0.2, 0.25) is 0 Å². The second-order valence-corrected chi connectivity index (χ2v) is 13.2. The third kappa shape index (κ3) is 11.6. The van der Waals surface area contributed by atoms with Gasteiger partial charge in [0.1, 0.15) is 58.2 Å². The lowest BCUT2D eigenvalue weighted by Crippen LogP contribution is -2.13. The fourth-order valence-corrected chi connectivity index (χ4v) is 6.05. The van der Waals surface area contributed by atoms with E-state index < -0.39 is 23.9 Å². The number of hydrogen-bond donors (Lipinski definition) is 0. The molecule has 0 saturated heterocycles. The van der Waals surface area contributed by atoms with Crippen LogP contribution in [0.5, 0.6) is 57.5 Å². The molecule has 0 aliphatic rings. The van der Waals surface area contributed by atoms with Crippen molar-refractivity contribution >= 4 is 23.9 Å². The van der Waals surface area contributed by atoms with Gasteiger partial charge in [-0.25, -0.2) is 19.2 Å². The molecule has 6 aromatic carbocycles. The van der Waals surface area contributed by atoms with Gasteiger partial charge in [-0.3, -0.25) is 0 Å². The Kier molecular flexibility index (Phi) is 15.5. The van der Waals surface area contributed by atoms with Gasteiger partial charge in [-0.1, -0.05) is 43.5 Å². The molecule has 6 aromatic rings. The predicted molar refractivity (Wildman–Crippen MR) is 239 cm³/mol. The molecule has 0 spiro atoms. The zero-order valence-electron chi connectivity index (χ0n) is 35.6. The minimum atomic E-state index is -0.888. The van der Waals surface area contributed by atoms with Crippen molar-refractivity contribution in [3.8, 4) is 106 Å². The average Bonchev–Trinajstić information content (AvgIpc) is 3.32. The van der Waals surface area contributed by atoms with Gasteiger partial charge >= 0.3 is 23.9 Å². The van der Waals surface area contributed by atoms with E-state index in [1.54, 1.807) is 61.5 Å². The normalized spacial score (nSPS) is 10.1. The van der Waals surface area contributed by atoms with Crippen molar-refractivity contribution in [3.63, 3.8) is 0 Å². The first-order valence-corrected chi connectivity index (χ1v) is 20.0. The molecule has 330 valence electrons. The SMILES string of the molecule is C#COc1cc(OC#C)c(C(=O)Oc2ccc(C(=O)Oc3ccc(-c4ccc(OC(=O)c5ccc(OC(=O)c6cc(OCC)c(OCC)cc6OCC)cc5)cc4)cc3)cc2)cc1OC#C. The van der Waals surface area contributed by atoms with Crippen LogP contribution >= 0.6 is 0 Å². The smallest absolute Gasteiger partial charge is 0.347 e. The Morgan fingerprint density at radius 3 is 1.09 bits per heavy atom. The van der Waals surface area contributed by atoms with E-state index in [1.807, 2.05) is 32.2 Å². The van der Waals surface area contributed by atoms with Crippen LogP contribution in [-0.2, 0) is 0 Å². The molecule has 0 unspecified atom stereocenters. The minimum Gasteiger partial charge on any atom is -0.493 e. The maximum atomic E-state index is 13.2. The van der Waals surface area contributed by atoms with E-state index in [2.05, 4.69) is 0 Å². The van der Waals surface area contributed by atoms with E-state index in [0.717, 1.165) is 11.1 Å². The van der Waals surface area contributed by atoms with Crippen molar-refractivity contribution < 1.29 is 66.5 Å². The summed E-state index contributed by atoms with van der Waals surface area (Å²) in [6.07, 6.45) is 21.6. The van der Waals surface area contributed by atoms with E-state index in [4.69, 9.17) is 66.6 Å². The van der Waals surface area contributed by atoms with E-state index in [-0.39, 0.29) is 62.5 Å². The third-order valence-electron chi connectivity index (χ3n) is 9.00. The average molecular weight is 887 g/mol. The van der Waals surface area contributed by atoms with E-state index in [1.165, 1.54) is 66.7 Å². The molecule has 0 aliphatic carbocycles. The molecule has 0 N–H and O–H groups in total. The molecule has 6 rings (SSSR count). The van der Waals surface area contributed by atoms with Crippen LogP contribution < -0.4 is 47.4 Å². The molecule has 14 nitrogen and oxygen atoms in total.